The molecule has 0 unspecified atom stereocenters. The summed E-state index contributed by atoms with van der Waals surface area (Å²) in [6, 6.07) is 13.7. The van der Waals surface area contributed by atoms with E-state index in [2.05, 4.69) is 5.32 Å². The minimum absolute atomic E-state index is 0.0472. The fraction of sp³-hybridized carbons (Fsp3) is 0.259. The fourth-order valence-corrected chi connectivity index (χ4v) is 5.70. The summed E-state index contributed by atoms with van der Waals surface area (Å²) in [5.74, 6) is -1.34. The summed E-state index contributed by atoms with van der Waals surface area (Å²) < 4.78 is 58.1. The smallest absolute Gasteiger partial charge is 0.264 e. The van der Waals surface area contributed by atoms with Gasteiger partial charge in [0.2, 0.25) is 5.91 Å². The predicted molar refractivity (Wildman–Crippen MR) is 147 cm³/mol. The Balaban J connectivity index is 1.67. The minimum atomic E-state index is -4.41. The van der Waals surface area contributed by atoms with Gasteiger partial charge in [-0.05, 0) is 42.5 Å². The number of ether oxygens (including phenoxy) is 3. The topological polar surface area (TPSA) is 114 Å². The number of benzene rings is 3. The molecule has 0 spiro atoms. The monoisotopic (exact) mass is 591 g/mol. The first kappa shape index (κ1) is 29.1. The van der Waals surface area contributed by atoms with Gasteiger partial charge >= 0.3 is 0 Å². The number of morpholine rings is 1. The highest BCUT2D eigenvalue weighted by atomic mass is 35.5. The van der Waals surface area contributed by atoms with Gasteiger partial charge in [-0.25, -0.2) is 12.8 Å². The van der Waals surface area contributed by atoms with Crippen molar-refractivity contribution in [2.24, 2.45) is 0 Å². The van der Waals surface area contributed by atoms with Gasteiger partial charge in [0.25, 0.3) is 15.9 Å². The van der Waals surface area contributed by atoms with E-state index in [0.717, 1.165) is 16.4 Å². The Labute approximate surface area is 236 Å². The highest BCUT2D eigenvalue weighted by Crippen LogP contribution is 2.33. The Morgan fingerprint density at radius 2 is 1.73 bits per heavy atom. The van der Waals surface area contributed by atoms with E-state index in [1.807, 2.05) is 0 Å². The second kappa shape index (κ2) is 12.5. The number of nitrogens with one attached hydrogen (secondary N) is 1. The molecule has 1 aliphatic heterocycles. The Kier molecular flexibility index (Phi) is 9.13. The van der Waals surface area contributed by atoms with Crippen LogP contribution >= 0.6 is 11.6 Å². The Bertz CT molecular complexity index is 1510. The predicted octanol–water partition coefficient (Wildman–Crippen LogP) is 3.80. The number of sulfonamides is 1. The molecule has 0 aliphatic carbocycles. The second-order valence-electron chi connectivity index (χ2n) is 8.63. The summed E-state index contributed by atoms with van der Waals surface area (Å²) in [4.78, 5) is 27.8. The summed E-state index contributed by atoms with van der Waals surface area (Å²) in [6.07, 6.45) is 0. The lowest BCUT2D eigenvalue weighted by Crippen LogP contribution is -2.41. The zero-order chi connectivity index (χ0) is 28.9. The largest absolute Gasteiger partial charge is 0.493 e. The van der Waals surface area contributed by atoms with Crippen molar-refractivity contribution in [1.82, 2.24) is 4.90 Å². The molecule has 0 saturated carbocycles. The average Bonchev–Trinajstić information content (AvgIpc) is 2.97. The number of methoxy groups -OCH3 is 2. The van der Waals surface area contributed by atoms with Crippen LogP contribution in [0.15, 0.2) is 65.6 Å². The van der Waals surface area contributed by atoms with E-state index < -0.39 is 28.3 Å². The van der Waals surface area contributed by atoms with Crippen molar-refractivity contribution in [3.05, 3.63) is 77.1 Å². The number of nitrogens with zero attached hydrogens (tertiary/aromatic N) is 2. The summed E-state index contributed by atoms with van der Waals surface area (Å²) in [6.45, 7) is 0.916. The quantitative estimate of drug-likeness (QED) is 0.402. The first-order chi connectivity index (χ1) is 19.1. The summed E-state index contributed by atoms with van der Waals surface area (Å²) in [7, 11) is -1.64. The zero-order valence-electron chi connectivity index (χ0n) is 21.7. The highest BCUT2D eigenvalue weighted by molar-refractivity contribution is 7.92. The van der Waals surface area contributed by atoms with Gasteiger partial charge < -0.3 is 24.4 Å². The van der Waals surface area contributed by atoms with Gasteiger partial charge in [-0.3, -0.25) is 13.9 Å². The standard InChI is InChI=1S/C27H27ClFN3O7S/c1-37-24-10-8-19(16-25(24)38-2)40(35,36)32(18-7-9-22(29)21(28)15-18)17-26(33)30-23-6-4-3-5-20(23)27(34)31-11-13-39-14-12-31/h3-10,15-16H,11-14,17H2,1-2H3,(H,30,33). The molecule has 3 aromatic carbocycles. The van der Waals surface area contributed by atoms with Crippen LogP contribution in [0.5, 0.6) is 11.5 Å². The van der Waals surface area contributed by atoms with E-state index in [1.54, 1.807) is 29.2 Å². The maximum atomic E-state index is 13.9. The lowest BCUT2D eigenvalue weighted by Gasteiger charge is -2.28. The van der Waals surface area contributed by atoms with Crippen molar-refractivity contribution in [2.45, 2.75) is 4.90 Å². The van der Waals surface area contributed by atoms with E-state index in [1.165, 1.54) is 38.5 Å². The number of rotatable bonds is 9. The Morgan fingerprint density at radius 1 is 1.02 bits per heavy atom. The number of carbonyl (C=O) groups is 2. The molecule has 1 aliphatic rings. The van der Waals surface area contributed by atoms with Crippen molar-refractivity contribution in [3.8, 4) is 11.5 Å². The molecule has 1 heterocycles. The van der Waals surface area contributed by atoms with Crippen LogP contribution in [-0.2, 0) is 19.6 Å². The molecule has 212 valence electrons. The summed E-state index contributed by atoms with van der Waals surface area (Å²) >= 11 is 5.95. The molecule has 1 saturated heterocycles. The van der Waals surface area contributed by atoms with Crippen LogP contribution < -0.4 is 19.1 Å². The molecule has 0 aromatic heterocycles. The SMILES string of the molecule is COc1ccc(S(=O)(=O)N(CC(=O)Nc2ccccc2C(=O)N2CCOCC2)c2ccc(F)c(Cl)c2)cc1OC. The van der Waals surface area contributed by atoms with Crippen LogP contribution in [0.1, 0.15) is 10.4 Å². The number of amides is 2. The normalized spacial score (nSPS) is 13.4. The van der Waals surface area contributed by atoms with E-state index in [9.17, 15) is 22.4 Å². The Morgan fingerprint density at radius 3 is 2.40 bits per heavy atom. The molecule has 0 radical (unpaired) electrons. The van der Waals surface area contributed by atoms with Crippen LogP contribution in [-0.4, -0.2) is 72.2 Å². The number of hydrogen-bond donors (Lipinski definition) is 1. The van der Waals surface area contributed by atoms with Gasteiger partial charge in [-0.15, -0.1) is 0 Å². The number of hydrogen-bond acceptors (Lipinski definition) is 7. The average molecular weight is 592 g/mol. The second-order valence-corrected chi connectivity index (χ2v) is 10.9. The van der Waals surface area contributed by atoms with Gasteiger partial charge in [-0.2, -0.15) is 0 Å². The molecule has 3 aromatic rings. The number of para-hydroxylation sites is 1. The van der Waals surface area contributed by atoms with Crippen LogP contribution in [0.4, 0.5) is 15.8 Å². The molecule has 1 N–H and O–H groups in total. The highest BCUT2D eigenvalue weighted by Gasteiger charge is 2.30. The van der Waals surface area contributed by atoms with Crippen molar-refractivity contribution in [3.63, 3.8) is 0 Å². The number of anilines is 2. The maximum absolute atomic E-state index is 13.9. The van der Waals surface area contributed by atoms with E-state index in [0.29, 0.717) is 32.1 Å². The number of carbonyl (C=O) groups excluding carboxylic acids is 2. The third-order valence-corrected chi connectivity index (χ3v) is 8.21. The third-order valence-electron chi connectivity index (χ3n) is 6.15. The van der Waals surface area contributed by atoms with Crippen LogP contribution in [0, 0.1) is 5.82 Å². The van der Waals surface area contributed by atoms with Crippen LogP contribution in [0.3, 0.4) is 0 Å². The van der Waals surface area contributed by atoms with E-state index in [4.69, 9.17) is 25.8 Å². The first-order valence-corrected chi connectivity index (χ1v) is 13.9. The van der Waals surface area contributed by atoms with Gasteiger partial charge in [0, 0.05) is 19.2 Å². The third kappa shape index (κ3) is 6.30. The molecule has 0 bridgehead atoms. The molecule has 10 nitrogen and oxygen atoms in total. The molecule has 0 atom stereocenters. The summed E-state index contributed by atoms with van der Waals surface area (Å²) in [5, 5.41) is 2.32. The van der Waals surface area contributed by atoms with Crippen molar-refractivity contribution >= 4 is 44.8 Å². The van der Waals surface area contributed by atoms with Crippen molar-refractivity contribution < 1.29 is 36.6 Å². The lowest BCUT2D eigenvalue weighted by molar-refractivity contribution is -0.114. The fourth-order valence-electron chi connectivity index (χ4n) is 4.10. The lowest BCUT2D eigenvalue weighted by atomic mass is 10.1. The maximum Gasteiger partial charge on any atom is 0.264 e. The first-order valence-electron chi connectivity index (χ1n) is 12.1. The Hall–Kier alpha value is -3.87. The molecule has 2 amide bonds. The molecule has 13 heteroatoms. The number of halogens is 2. The molecular weight excluding hydrogens is 565 g/mol. The molecule has 40 heavy (non-hydrogen) atoms. The van der Waals surface area contributed by atoms with E-state index in [-0.39, 0.29) is 38.5 Å². The van der Waals surface area contributed by atoms with Crippen LogP contribution in [0.25, 0.3) is 0 Å². The molecule has 4 rings (SSSR count). The van der Waals surface area contributed by atoms with Crippen molar-refractivity contribution in [1.29, 1.82) is 0 Å². The summed E-state index contributed by atoms with van der Waals surface area (Å²) in [5.41, 5.74) is 0.412. The van der Waals surface area contributed by atoms with Gasteiger partial charge in [0.05, 0.1) is 54.3 Å². The zero-order valence-corrected chi connectivity index (χ0v) is 23.3. The van der Waals surface area contributed by atoms with Crippen LogP contribution in [0.2, 0.25) is 5.02 Å². The van der Waals surface area contributed by atoms with Gasteiger partial charge in [-0.1, -0.05) is 23.7 Å². The van der Waals surface area contributed by atoms with E-state index >= 15 is 0 Å². The minimum Gasteiger partial charge on any atom is -0.493 e. The molecule has 1 fully saturated rings. The molecular formula is C27H27ClFN3O7S. The van der Waals surface area contributed by atoms with Gasteiger partial charge in [0.15, 0.2) is 11.5 Å². The van der Waals surface area contributed by atoms with Crippen molar-refractivity contribution in [2.75, 3.05) is 56.7 Å². The van der Waals surface area contributed by atoms with Gasteiger partial charge in [0.1, 0.15) is 12.4 Å².